The van der Waals surface area contributed by atoms with Crippen LogP contribution in [0.3, 0.4) is 0 Å². The van der Waals surface area contributed by atoms with Crippen LogP contribution in [0.15, 0.2) is 72.8 Å². The third-order valence-corrected chi connectivity index (χ3v) is 31.0. The van der Waals surface area contributed by atoms with Gasteiger partial charge in [0, 0.05) is 0 Å². The molecule has 0 radical (unpaired) electrons. The van der Waals surface area contributed by atoms with Crippen LogP contribution in [0.5, 0.6) is 0 Å². The summed E-state index contributed by atoms with van der Waals surface area (Å²) >= 11 is -4.73. The van der Waals surface area contributed by atoms with Crippen molar-refractivity contribution in [3.05, 3.63) is 72.8 Å². The molecular formula is C30H42As4. The monoisotopic (exact) mass is 702 g/mol. The molecule has 0 aromatic heterocycles. The molecule has 0 aliphatic carbocycles. The fraction of sp³-hybridized carbons (Fsp3) is 0.400. The van der Waals surface area contributed by atoms with Gasteiger partial charge in [0.1, 0.15) is 0 Å². The van der Waals surface area contributed by atoms with Crippen LogP contribution in [0.2, 0.25) is 31.3 Å². The zero-order chi connectivity index (χ0) is 24.5. The fourth-order valence-electron chi connectivity index (χ4n) is 4.84. The third-order valence-electron chi connectivity index (χ3n) is 6.68. The number of hydrogen-bond donors (Lipinski definition) is 0. The summed E-state index contributed by atoms with van der Waals surface area (Å²) < 4.78 is 10.6. The van der Waals surface area contributed by atoms with Crippen LogP contribution in [0.25, 0.3) is 0 Å². The van der Waals surface area contributed by atoms with Crippen LogP contribution in [0.1, 0.15) is 41.5 Å². The standard InChI is InChI=1S/C30H42As4/c1-7-31(8-2)25-19-13-16-22-28(25)34(29-23-17-14-20-26(29)32(9-3)10-4)30-24-18-15-21-27(30)33(11-5)12-6/h13-24H,7-12H2,1-6H3. The van der Waals surface area contributed by atoms with Crippen molar-refractivity contribution in [2.24, 2.45) is 0 Å². The molecule has 0 nitrogen and oxygen atoms in total. The molecule has 0 saturated carbocycles. The van der Waals surface area contributed by atoms with Crippen LogP contribution in [-0.4, -0.2) is 58.6 Å². The minimum atomic E-state index is -1.67. The van der Waals surface area contributed by atoms with E-state index in [1.807, 2.05) is 0 Å². The topological polar surface area (TPSA) is 0 Å². The van der Waals surface area contributed by atoms with E-state index in [4.69, 9.17) is 0 Å². The van der Waals surface area contributed by atoms with Crippen molar-refractivity contribution >= 4 is 84.7 Å². The van der Waals surface area contributed by atoms with Crippen LogP contribution in [-0.2, 0) is 0 Å². The van der Waals surface area contributed by atoms with Gasteiger partial charge >= 0.3 is 230 Å². The number of benzene rings is 3. The Hall–Kier alpha value is -0.106. The van der Waals surface area contributed by atoms with Gasteiger partial charge in [-0.3, -0.25) is 0 Å². The Labute approximate surface area is 228 Å². The summed E-state index contributed by atoms with van der Waals surface area (Å²) in [6, 6.07) is 29.2. The van der Waals surface area contributed by atoms with E-state index < -0.39 is 58.6 Å². The first-order valence-electron chi connectivity index (χ1n) is 13.0. The van der Waals surface area contributed by atoms with E-state index >= 15 is 0 Å². The van der Waals surface area contributed by atoms with Crippen LogP contribution >= 0.6 is 0 Å². The molecule has 0 saturated heterocycles. The molecule has 0 aliphatic heterocycles. The molecule has 34 heavy (non-hydrogen) atoms. The first-order chi connectivity index (χ1) is 16.6. The van der Waals surface area contributed by atoms with Crippen LogP contribution in [0, 0.1) is 0 Å². The van der Waals surface area contributed by atoms with E-state index in [1.54, 1.807) is 26.1 Å². The van der Waals surface area contributed by atoms with Crippen LogP contribution in [0.4, 0.5) is 0 Å². The number of rotatable bonds is 12. The molecule has 0 fully saturated rings. The summed E-state index contributed by atoms with van der Waals surface area (Å²) in [5.74, 6) is 0. The molecule has 0 amide bonds. The zero-order valence-electron chi connectivity index (χ0n) is 22.0. The summed E-state index contributed by atoms with van der Waals surface area (Å²) in [6.07, 6.45) is 0. The molecule has 0 spiro atoms. The van der Waals surface area contributed by atoms with Crippen molar-refractivity contribution in [1.29, 1.82) is 0 Å². The van der Waals surface area contributed by atoms with E-state index in [0.29, 0.717) is 0 Å². The molecule has 0 atom stereocenters. The quantitative estimate of drug-likeness (QED) is 0.246. The van der Waals surface area contributed by atoms with E-state index in [9.17, 15) is 0 Å². The maximum absolute atomic E-state index is 2.56. The van der Waals surface area contributed by atoms with Gasteiger partial charge in [-0.15, -0.1) is 0 Å². The van der Waals surface area contributed by atoms with Crippen molar-refractivity contribution in [3.8, 4) is 0 Å². The Morgan fingerprint density at radius 1 is 0.353 bits per heavy atom. The zero-order valence-corrected chi connectivity index (χ0v) is 29.5. The molecule has 3 aromatic rings. The van der Waals surface area contributed by atoms with Gasteiger partial charge in [-0.05, 0) is 0 Å². The second-order valence-electron chi connectivity index (χ2n) is 8.32. The van der Waals surface area contributed by atoms with Gasteiger partial charge in [-0.1, -0.05) is 0 Å². The Bertz CT molecular complexity index is 888. The minimum absolute atomic E-state index is 1.02. The van der Waals surface area contributed by atoms with Crippen molar-refractivity contribution in [2.45, 2.75) is 72.8 Å². The summed E-state index contributed by atoms with van der Waals surface area (Å²) in [4.78, 5) is 0. The van der Waals surface area contributed by atoms with Gasteiger partial charge in [-0.25, -0.2) is 0 Å². The SMILES string of the molecule is CC[As](CC)c1ccccc1[As](c1ccccc1[As](CC)CC)c1ccccc1[As](CC)CC. The molecule has 0 heterocycles. The Kier molecular flexibility index (Phi) is 12.2. The van der Waals surface area contributed by atoms with Gasteiger partial charge in [0.25, 0.3) is 0 Å². The molecule has 0 N–H and O–H groups in total. The van der Waals surface area contributed by atoms with E-state index in [2.05, 4.69) is 114 Å². The molecule has 4 heteroatoms. The summed E-state index contributed by atoms with van der Waals surface area (Å²) in [7, 11) is 0. The van der Waals surface area contributed by atoms with Gasteiger partial charge in [-0.2, -0.15) is 0 Å². The van der Waals surface area contributed by atoms with Crippen molar-refractivity contribution < 1.29 is 0 Å². The Morgan fingerprint density at radius 3 is 0.765 bits per heavy atom. The second-order valence-corrected chi connectivity index (χ2v) is 30.5. The summed E-state index contributed by atoms with van der Waals surface area (Å²) in [5, 5.41) is 8.22. The normalized spacial score (nSPS) is 11.8. The van der Waals surface area contributed by atoms with Gasteiger partial charge in [0.05, 0.1) is 0 Å². The molecule has 182 valence electrons. The van der Waals surface area contributed by atoms with E-state index in [0.717, 1.165) is 0 Å². The average molecular weight is 702 g/mol. The van der Waals surface area contributed by atoms with Crippen LogP contribution < -0.4 is 26.1 Å². The van der Waals surface area contributed by atoms with Crippen molar-refractivity contribution in [1.82, 2.24) is 0 Å². The average Bonchev–Trinajstić information content (AvgIpc) is 2.89. The Morgan fingerprint density at radius 2 is 0.559 bits per heavy atom. The number of hydrogen-bond acceptors (Lipinski definition) is 0. The maximum atomic E-state index is 2.56. The summed E-state index contributed by atoms with van der Waals surface area (Å²) in [6.45, 7) is 14.6. The molecule has 3 aromatic carbocycles. The predicted octanol–water partition coefficient (Wildman–Crippen LogP) is 4.43. The molecule has 0 unspecified atom stereocenters. The second kappa shape index (κ2) is 14.6. The predicted molar refractivity (Wildman–Crippen MR) is 163 cm³/mol. The molecule has 0 bridgehead atoms. The first kappa shape index (κ1) is 28.5. The molecule has 3 rings (SSSR count). The van der Waals surface area contributed by atoms with E-state index in [1.165, 1.54) is 31.3 Å². The first-order valence-corrected chi connectivity index (χ1v) is 26.6. The molecular weight excluding hydrogens is 660 g/mol. The fourth-order valence-corrected chi connectivity index (χ4v) is 29.2. The van der Waals surface area contributed by atoms with Gasteiger partial charge in [0.2, 0.25) is 0 Å². The summed E-state index contributed by atoms with van der Waals surface area (Å²) in [5.41, 5.74) is 0. The van der Waals surface area contributed by atoms with Crippen molar-refractivity contribution in [2.75, 3.05) is 0 Å². The third kappa shape index (κ3) is 6.41. The van der Waals surface area contributed by atoms with Crippen molar-refractivity contribution in [3.63, 3.8) is 0 Å². The molecule has 0 aliphatic rings. The van der Waals surface area contributed by atoms with Gasteiger partial charge < -0.3 is 0 Å². The van der Waals surface area contributed by atoms with Gasteiger partial charge in [0.15, 0.2) is 0 Å². The van der Waals surface area contributed by atoms with E-state index in [-0.39, 0.29) is 0 Å². The Balaban J connectivity index is 2.37.